The predicted molar refractivity (Wildman–Crippen MR) is 106 cm³/mol. The van der Waals surface area contributed by atoms with Crippen molar-refractivity contribution >= 4 is 29.1 Å². The highest BCUT2D eigenvalue weighted by atomic mass is 32.1. The fraction of sp³-hybridized carbons (Fsp3) is 0.500. The third-order valence-corrected chi connectivity index (χ3v) is 4.69. The molecular weight excluding hydrogens is 350 g/mol. The minimum absolute atomic E-state index is 0.422. The van der Waals surface area contributed by atoms with Crippen LogP contribution < -0.4 is 20.3 Å². The summed E-state index contributed by atoms with van der Waals surface area (Å²) >= 11 is 5.35. The van der Waals surface area contributed by atoms with Gasteiger partial charge in [0.25, 0.3) is 0 Å². The van der Waals surface area contributed by atoms with E-state index in [0.717, 1.165) is 30.3 Å². The van der Waals surface area contributed by atoms with Gasteiger partial charge in [0, 0.05) is 18.7 Å². The number of anilines is 2. The van der Waals surface area contributed by atoms with Crippen LogP contribution in [0.1, 0.15) is 37.7 Å². The fourth-order valence-electron chi connectivity index (χ4n) is 3.05. The molecule has 1 saturated heterocycles. The second-order valence-corrected chi connectivity index (χ2v) is 6.86. The topological polar surface area (TPSA) is 75.5 Å². The molecule has 0 saturated carbocycles. The summed E-state index contributed by atoms with van der Waals surface area (Å²) in [5.41, 5.74) is 0. The predicted octanol–water partition coefficient (Wildman–Crippen LogP) is 3.25. The van der Waals surface area contributed by atoms with Gasteiger partial charge in [0.15, 0.2) is 5.11 Å². The molecular formula is C18H25N5O2S. The van der Waals surface area contributed by atoms with Crippen molar-refractivity contribution in [1.29, 1.82) is 0 Å². The van der Waals surface area contributed by atoms with Crippen LogP contribution in [0.4, 0.5) is 11.8 Å². The van der Waals surface area contributed by atoms with Crippen LogP contribution in [0.25, 0.3) is 0 Å². The summed E-state index contributed by atoms with van der Waals surface area (Å²) in [5, 5.41) is 6.57. The van der Waals surface area contributed by atoms with Gasteiger partial charge in [-0.25, -0.2) is 0 Å². The molecule has 0 aliphatic carbocycles. The Bertz CT molecular complexity index is 764. The van der Waals surface area contributed by atoms with Crippen LogP contribution in [0.5, 0.6) is 5.88 Å². The van der Waals surface area contributed by atoms with Crippen molar-refractivity contribution < 1.29 is 9.15 Å². The summed E-state index contributed by atoms with van der Waals surface area (Å²) in [6.45, 7) is 5.62. The minimum atomic E-state index is 0.422. The van der Waals surface area contributed by atoms with E-state index in [4.69, 9.17) is 21.4 Å². The van der Waals surface area contributed by atoms with E-state index >= 15 is 0 Å². The van der Waals surface area contributed by atoms with E-state index in [1.165, 1.54) is 12.8 Å². The first kappa shape index (κ1) is 18.4. The van der Waals surface area contributed by atoms with Gasteiger partial charge in [-0.3, -0.25) is 0 Å². The maximum Gasteiger partial charge on any atom is 0.234 e. The molecule has 1 aliphatic rings. The van der Waals surface area contributed by atoms with Crippen LogP contribution in [0.15, 0.2) is 22.6 Å². The molecule has 2 aromatic heterocycles. The van der Waals surface area contributed by atoms with Crippen molar-refractivity contribution in [2.24, 2.45) is 0 Å². The molecule has 140 valence electrons. The largest absolute Gasteiger partial charge is 0.481 e. The molecule has 0 aromatic carbocycles. The molecule has 8 heteroatoms. The normalized spacial score (nSPS) is 17.0. The van der Waals surface area contributed by atoms with Crippen molar-refractivity contribution in [1.82, 2.24) is 15.3 Å². The maximum atomic E-state index is 5.52. The van der Waals surface area contributed by atoms with Crippen LogP contribution in [0.3, 0.4) is 0 Å². The molecule has 0 bridgehead atoms. The number of aryl methyl sites for hydroxylation is 1. The first-order chi connectivity index (χ1) is 12.5. The van der Waals surface area contributed by atoms with Gasteiger partial charge in [-0.05, 0) is 57.5 Å². The first-order valence-electron chi connectivity index (χ1n) is 8.85. The second kappa shape index (κ2) is 8.35. The average Bonchev–Trinajstić information content (AvgIpc) is 3.05. The number of piperidine rings is 1. The number of nitrogens with zero attached hydrogens (tertiary/aromatic N) is 3. The van der Waals surface area contributed by atoms with Gasteiger partial charge in [0.05, 0.1) is 13.7 Å². The highest BCUT2D eigenvalue weighted by Gasteiger charge is 2.21. The molecule has 0 spiro atoms. The fourth-order valence-corrected chi connectivity index (χ4v) is 3.22. The van der Waals surface area contributed by atoms with Crippen molar-refractivity contribution in [3.63, 3.8) is 0 Å². The lowest BCUT2D eigenvalue weighted by Crippen LogP contribution is -2.38. The summed E-state index contributed by atoms with van der Waals surface area (Å²) in [6.07, 6.45) is 3.59. The minimum Gasteiger partial charge on any atom is -0.481 e. The molecule has 1 fully saturated rings. The Labute approximate surface area is 159 Å². The zero-order chi connectivity index (χ0) is 18.5. The second-order valence-electron chi connectivity index (χ2n) is 6.45. The van der Waals surface area contributed by atoms with Crippen LogP contribution in [-0.4, -0.2) is 34.8 Å². The Morgan fingerprint density at radius 2 is 2.23 bits per heavy atom. The van der Waals surface area contributed by atoms with Gasteiger partial charge >= 0.3 is 0 Å². The third-order valence-electron chi connectivity index (χ3n) is 4.44. The molecule has 2 N–H and O–H groups in total. The SMILES string of the molecule is COc1cc(N2CCCCC2C)nc(NC(=S)NCc2ccc(C)o2)n1. The number of methoxy groups -OCH3 is 1. The highest BCUT2D eigenvalue weighted by molar-refractivity contribution is 7.80. The summed E-state index contributed by atoms with van der Waals surface area (Å²) in [6, 6.07) is 6.16. The summed E-state index contributed by atoms with van der Waals surface area (Å²) in [5.74, 6) is 3.49. The smallest absolute Gasteiger partial charge is 0.234 e. The highest BCUT2D eigenvalue weighted by Crippen LogP contribution is 2.26. The van der Waals surface area contributed by atoms with Gasteiger partial charge in [-0.15, -0.1) is 0 Å². The first-order valence-corrected chi connectivity index (χ1v) is 9.26. The molecule has 3 rings (SSSR count). The number of thiocarbonyl (C=S) groups is 1. The van der Waals surface area contributed by atoms with Crippen LogP contribution in [0, 0.1) is 6.92 Å². The standard InChI is InChI=1S/C18H25N5O2S/c1-12-6-4-5-9-23(12)15-10-16(24-3)21-17(20-15)22-18(26)19-11-14-8-7-13(2)25-14/h7-8,10,12H,4-6,9,11H2,1-3H3,(H2,19,20,21,22,26). The van der Waals surface area contributed by atoms with Gasteiger partial charge in [0.2, 0.25) is 11.8 Å². The molecule has 26 heavy (non-hydrogen) atoms. The van der Waals surface area contributed by atoms with Gasteiger partial charge in [-0.2, -0.15) is 9.97 Å². The quantitative estimate of drug-likeness (QED) is 0.772. The Morgan fingerprint density at radius 1 is 1.38 bits per heavy atom. The molecule has 1 unspecified atom stereocenters. The number of nitrogens with one attached hydrogen (secondary N) is 2. The van der Waals surface area contributed by atoms with E-state index in [9.17, 15) is 0 Å². The number of hydrogen-bond acceptors (Lipinski definition) is 6. The van der Waals surface area contributed by atoms with E-state index in [-0.39, 0.29) is 0 Å². The van der Waals surface area contributed by atoms with E-state index in [2.05, 4.69) is 32.4 Å². The molecule has 7 nitrogen and oxygen atoms in total. The van der Waals surface area contributed by atoms with Crippen molar-refractivity contribution in [2.45, 2.75) is 45.7 Å². The van der Waals surface area contributed by atoms with Crippen molar-refractivity contribution in [3.05, 3.63) is 29.7 Å². The van der Waals surface area contributed by atoms with Crippen LogP contribution in [-0.2, 0) is 6.54 Å². The maximum absolute atomic E-state index is 5.52. The van der Waals surface area contributed by atoms with Gasteiger partial charge < -0.3 is 24.7 Å². The molecule has 1 aliphatic heterocycles. The van der Waals surface area contributed by atoms with E-state index in [1.54, 1.807) is 7.11 Å². The number of rotatable bonds is 5. The summed E-state index contributed by atoms with van der Waals surface area (Å²) in [4.78, 5) is 11.3. The Hall–Kier alpha value is -2.35. The van der Waals surface area contributed by atoms with Crippen molar-refractivity contribution in [2.75, 3.05) is 23.9 Å². The Morgan fingerprint density at radius 3 is 2.92 bits per heavy atom. The lowest BCUT2D eigenvalue weighted by molar-refractivity contribution is 0.396. The van der Waals surface area contributed by atoms with Crippen molar-refractivity contribution in [3.8, 4) is 5.88 Å². The lowest BCUT2D eigenvalue weighted by Gasteiger charge is -2.34. The number of hydrogen-bond donors (Lipinski definition) is 2. The monoisotopic (exact) mass is 375 g/mol. The average molecular weight is 375 g/mol. The van der Waals surface area contributed by atoms with Crippen LogP contribution >= 0.6 is 12.2 Å². The van der Waals surface area contributed by atoms with E-state index in [1.807, 2.05) is 25.1 Å². The summed E-state index contributed by atoms with van der Waals surface area (Å²) < 4.78 is 10.9. The van der Waals surface area contributed by atoms with E-state index < -0.39 is 0 Å². The lowest BCUT2D eigenvalue weighted by atomic mass is 10.0. The summed E-state index contributed by atoms with van der Waals surface area (Å²) in [7, 11) is 1.60. The Balaban J connectivity index is 1.68. The number of aromatic nitrogens is 2. The molecule has 0 amide bonds. The number of furan rings is 1. The van der Waals surface area contributed by atoms with Crippen LogP contribution in [0.2, 0.25) is 0 Å². The van der Waals surface area contributed by atoms with E-state index in [0.29, 0.717) is 29.5 Å². The molecule has 2 aromatic rings. The molecule has 0 radical (unpaired) electrons. The molecule has 1 atom stereocenters. The zero-order valence-corrected chi connectivity index (χ0v) is 16.2. The van der Waals surface area contributed by atoms with Gasteiger partial charge in [0.1, 0.15) is 17.3 Å². The molecule has 3 heterocycles. The van der Waals surface area contributed by atoms with Gasteiger partial charge in [-0.1, -0.05) is 0 Å². The third kappa shape index (κ3) is 4.63. The number of ether oxygens (including phenoxy) is 1. The Kier molecular flexibility index (Phi) is 5.92. The zero-order valence-electron chi connectivity index (χ0n) is 15.4.